The standard InChI is InChI=1S/C21H28.C6H6O.C6H6/c1-7-18-11-20(16(5)9-14(18)3)13-21-12-19(8-2)15(4)10-17(21)6;7-6-4-2-1-3-5-6;1-2-4-6-5-3-1/h9-12H,7-8,13H2,1-6H3;1-5,7H;1-6H. The number of rotatable bonds is 4. The van der Waals surface area contributed by atoms with E-state index in [4.69, 9.17) is 5.11 Å². The van der Waals surface area contributed by atoms with Gasteiger partial charge < -0.3 is 5.11 Å². The van der Waals surface area contributed by atoms with Gasteiger partial charge in [0.15, 0.2) is 0 Å². The van der Waals surface area contributed by atoms with E-state index >= 15 is 0 Å². The van der Waals surface area contributed by atoms with Crippen molar-refractivity contribution in [3.63, 3.8) is 0 Å². The minimum Gasteiger partial charge on any atom is -0.508 e. The van der Waals surface area contributed by atoms with Gasteiger partial charge in [-0.25, -0.2) is 0 Å². The average molecular weight is 453 g/mol. The van der Waals surface area contributed by atoms with Crippen LogP contribution in [0.5, 0.6) is 5.75 Å². The quantitative estimate of drug-likeness (QED) is 0.328. The molecule has 0 saturated carbocycles. The van der Waals surface area contributed by atoms with E-state index in [1.54, 1.807) is 24.3 Å². The molecule has 0 aliphatic carbocycles. The summed E-state index contributed by atoms with van der Waals surface area (Å²) in [6.45, 7) is 13.4. The van der Waals surface area contributed by atoms with Crippen molar-refractivity contribution in [3.8, 4) is 5.75 Å². The first-order valence-electron chi connectivity index (χ1n) is 12.3. The normalized spacial score (nSPS) is 9.94. The first kappa shape index (κ1) is 26.9. The number of para-hydroxylation sites is 1. The third-order valence-corrected chi connectivity index (χ3v) is 6.15. The molecule has 34 heavy (non-hydrogen) atoms. The number of phenols is 1. The maximum atomic E-state index is 8.63. The fourth-order valence-corrected chi connectivity index (χ4v) is 4.06. The number of benzene rings is 4. The molecule has 0 saturated heterocycles. The maximum Gasteiger partial charge on any atom is 0.115 e. The molecule has 0 unspecified atom stereocenters. The average Bonchev–Trinajstić information content (AvgIpc) is 2.84. The van der Waals surface area contributed by atoms with E-state index in [0.717, 1.165) is 19.3 Å². The van der Waals surface area contributed by atoms with Crippen LogP contribution in [0.2, 0.25) is 0 Å². The molecule has 0 radical (unpaired) electrons. The Morgan fingerprint density at radius 1 is 0.471 bits per heavy atom. The second-order valence-corrected chi connectivity index (χ2v) is 8.78. The van der Waals surface area contributed by atoms with Gasteiger partial charge in [-0.3, -0.25) is 0 Å². The van der Waals surface area contributed by atoms with E-state index in [1.165, 1.54) is 44.5 Å². The van der Waals surface area contributed by atoms with Crippen molar-refractivity contribution in [2.45, 2.75) is 60.8 Å². The Morgan fingerprint density at radius 3 is 1.09 bits per heavy atom. The first-order chi connectivity index (χ1) is 16.3. The zero-order chi connectivity index (χ0) is 24.9. The van der Waals surface area contributed by atoms with Gasteiger partial charge in [0.2, 0.25) is 0 Å². The zero-order valence-corrected chi connectivity index (χ0v) is 21.7. The Hall–Kier alpha value is -3.32. The van der Waals surface area contributed by atoms with Crippen molar-refractivity contribution < 1.29 is 5.11 Å². The molecule has 1 N–H and O–H groups in total. The summed E-state index contributed by atoms with van der Waals surface area (Å²) >= 11 is 0. The molecule has 4 aromatic carbocycles. The minimum absolute atomic E-state index is 0.322. The molecule has 178 valence electrons. The van der Waals surface area contributed by atoms with Crippen molar-refractivity contribution in [1.29, 1.82) is 0 Å². The Labute approximate surface area is 207 Å². The van der Waals surface area contributed by atoms with Gasteiger partial charge in [0.05, 0.1) is 0 Å². The molecule has 0 aliphatic rings. The lowest BCUT2D eigenvalue weighted by atomic mass is 9.90. The Balaban J connectivity index is 0.000000253. The lowest BCUT2D eigenvalue weighted by molar-refractivity contribution is 0.475. The van der Waals surface area contributed by atoms with Gasteiger partial charge in [-0.1, -0.05) is 92.7 Å². The van der Waals surface area contributed by atoms with Gasteiger partial charge in [0.1, 0.15) is 5.75 Å². The van der Waals surface area contributed by atoms with Gasteiger partial charge in [-0.15, -0.1) is 0 Å². The van der Waals surface area contributed by atoms with Crippen molar-refractivity contribution in [3.05, 3.63) is 136 Å². The van der Waals surface area contributed by atoms with Crippen LogP contribution in [0.25, 0.3) is 0 Å². The van der Waals surface area contributed by atoms with Crippen LogP contribution in [0.4, 0.5) is 0 Å². The topological polar surface area (TPSA) is 20.2 Å². The summed E-state index contributed by atoms with van der Waals surface area (Å²) in [5, 5.41) is 8.63. The molecule has 0 bridgehead atoms. The number of aromatic hydroxyl groups is 1. The number of hydrogen-bond acceptors (Lipinski definition) is 1. The van der Waals surface area contributed by atoms with E-state index in [2.05, 4.69) is 65.8 Å². The number of aryl methyl sites for hydroxylation is 6. The van der Waals surface area contributed by atoms with Crippen molar-refractivity contribution in [2.75, 3.05) is 0 Å². The molecule has 0 spiro atoms. The van der Waals surface area contributed by atoms with Gasteiger partial charge in [-0.05, 0) is 104 Å². The molecule has 1 nitrogen and oxygen atoms in total. The summed E-state index contributed by atoms with van der Waals surface area (Å²) in [4.78, 5) is 0. The third kappa shape index (κ3) is 8.56. The third-order valence-electron chi connectivity index (χ3n) is 6.15. The summed E-state index contributed by atoms with van der Waals surface area (Å²) in [5.74, 6) is 0.322. The molecule has 0 aliphatic heterocycles. The zero-order valence-electron chi connectivity index (χ0n) is 21.7. The molecule has 4 rings (SSSR count). The monoisotopic (exact) mass is 452 g/mol. The van der Waals surface area contributed by atoms with Crippen LogP contribution in [0.15, 0.2) is 91.0 Å². The Morgan fingerprint density at radius 2 is 0.794 bits per heavy atom. The highest BCUT2D eigenvalue weighted by Gasteiger charge is 2.08. The van der Waals surface area contributed by atoms with Gasteiger partial charge in [-0.2, -0.15) is 0 Å². The second-order valence-electron chi connectivity index (χ2n) is 8.78. The molecule has 1 heteroatoms. The van der Waals surface area contributed by atoms with E-state index in [0.29, 0.717) is 5.75 Å². The van der Waals surface area contributed by atoms with Crippen LogP contribution in [0, 0.1) is 27.7 Å². The fraction of sp³-hybridized carbons (Fsp3) is 0.273. The van der Waals surface area contributed by atoms with Gasteiger partial charge in [0.25, 0.3) is 0 Å². The summed E-state index contributed by atoms with van der Waals surface area (Å²) in [6.07, 6.45) is 3.29. The molecule has 0 amide bonds. The van der Waals surface area contributed by atoms with Crippen molar-refractivity contribution >= 4 is 0 Å². The molecule has 0 aromatic heterocycles. The van der Waals surface area contributed by atoms with Crippen LogP contribution in [-0.4, -0.2) is 5.11 Å². The van der Waals surface area contributed by atoms with E-state index < -0.39 is 0 Å². The molecule has 0 atom stereocenters. The molecular weight excluding hydrogens is 412 g/mol. The Bertz CT molecular complexity index is 1040. The lowest BCUT2D eigenvalue weighted by Gasteiger charge is -2.15. The van der Waals surface area contributed by atoms with Crippen molar-refractivity contribution in [1.82, 2.24) is 0 Å². The summed E-state index contributed by atoms with van der Waals surface area (Å²) in [7, 11) is 0. The van der Waals surface area contributed by atoms with Crippen LogP contribution in [0.3, 0.4) is 0 Å². The minimum atomic E-state index is 0.322. The van der Waals surface area contributed by atoms with Crippen LogP contribution < -0.4 is 0 Å². The maximum absolute atomic E-state index is 8.63. The predicted octanol–water partition coefficient (Wildman–Crippen LogP) is 8.71. The van der Waals surface area contributed by atoms with Crippen LogP contribution >= 0.6 is 0 Å². The van der Waals surface area contributed by atoms with E-state index in [-0.39, 0.29) is 0 Å². The van der Waals surface area contributed by atoms with Gasteiger partial charge >= 0.3 is 0 Å². The van der Waals surface area contributed by atoms with Crippen LogP contribution in [0.1, 0.15) is 58.4 Å². The summed E-state index contributed by atoms with van der Waals surface area (Å²) in [5.41, 5.74) is 11.6. The summed E-state index contributed by atoms with van der Waals surface area (Å²) < 4.78 is 0. The van der Waals surface area contributed by atoms with E-state index in [1.807, 2.05) is 42.5 Å². The summed E-state index contributed by atoms with van der Waals surface area (Å²) in [6, 6.07) is 30.2. The Kier molecular flexibility index (Phi) is 11.1. The fourth-order valence-electron chi connectivity index (χ4n) is 4.06. The highest BCUT2D eigenvalue weighted by molar-refractivity contribution is 5.44. The highest BCUT2D eigenvalue weighted by Crippen LogP contribution is 2.23. The predicted molar refractivity (Wildman–Crippen MR) is 148 cm³/mol. The van der Waals surface area contributed by atoms with E-state index in [9.17, 15) is 0 Å². The lowest BCUT2D eigenvalue weighted by Crippen LogP contribution is -2.00. The largest absolute Gasteiger partial charge is 0.508 e. The smallest absolute Gasteiger partial charge is 0.115 e. The van der Waals surface area contributed by atoms with Crippen molar-refractivity contribution in [2.24, 2.45) is 0 Å². The van der Waals surface area contributed by atoms with Crippen LogP contribution in [-0.2, 0) is 19.3 Å². The SMILES string of the molecule is CCc1cc(Cc2cc(CC)c(C)cc2C)c(C)cc1C.Oc1ccccc1.c1ccccc1. The molecule has 0 heterocycles. The molecular formula is C33H40O. The molecule has 4 aromatic rings. The second kappa shape index (κ2) is 14.1. The molecule has 0 fully saturated rings. The van der Waals surface area contributed by atoms with Gasteiger partial charge in [0, 0.05) is 0 Å². The first-order valence-corrected chi connectivity index (χ1v) is 12.3. The highest BCUT2D eigenvalue weighted by atomic mass is 16.3. The number of hydrogen-bond donors (Lipinski definition) is 1. The number of phenolic OH excluding ortho intramolecular Hbond substituents is 1.